The van der Waals surface area contributed by atoms with Crippen molar-refractivity contribution in [1.82, 2.24) is 0 Å². The molecule has 1 rings (SSSR count). The molecule has 0 heterocycles. The Bertz CT molecular complexity index is 425. The number of ether oxygens (including phenoxy) is 1. The topological polar surface area (TPSA) is 9.23 Å². The van der Waals surface area contributed by atoms with Crippen LogP contribution in [0.25, 0.3) is 0 Å². The zero-order chi connectivity index (χ0) is 15.4. The highest BCUT2D eigenvalue weighted by atomic mass is 16.5. The van der Waals surface area contributed by atoms with Crippen LogP contribution in [-0.4, -0.2) is 7.11 Å². The van der Waals surface area contributed by atoms with Crippen LogP contribution in [0.15, 0.2) is 18.2 Å². The normalized spacial score (nSPS) is 12.6. The van der Waals surface area contributed by atoms with Crippen molar-refractivity contribution >= 4 is 0 Å². The van der Waals surface area contributed by atoms with E-state index in [0.29, 0.717) is 0 Å². The standard InChI is InChI=1S/C19H32O/c1-8-18(5,9-2)15-12-13-16(17(14-15)20-7)19(6,10-3)11-4/h12-14H,8-11H2,1-7H3. The Morgan fingerprint density at radius 1 is 0.850 bits per heavy atom. The third kappa shape index (κ3) is 3.02. The van der Waals surface area contributed by atoms with Gasteiger partial charge in [-0.2, -0.15) is 0 Å². The minimum absolute atomic E-state index is 0.207. The zero-order valence-electron chi connectivity index (χ0n) is 14.5. The van der Waals surface area contributed by atoms with Gasteiger partial charge in [-0.1, -0.05) is 53.7 Å². The molecule has 0 unspecified atom stereocenters. The number of rotatable bonds is 7. The summed E-state index contributed by atoms with van der Waals surface area (Å²) < 4.78 is 5.72. The second-order valence-electron chi connectivity index (χ2n) is 6.45. The Balaban J connectivity index is 3.34. The Kier molecular flexibility index (Phi) is 5.68. The van der Waals surface area contributed by atoms with Crippen molar-refractivity contribution in [2.45, 2.75) is 78.1 Å². The summed E-state index contributed by atoms with van der Waals surface area (Å²) in [5, 5.41) is 0. The maximum atomic E-state index is 5.72. The van der Waals surface area contributed by atoms with Crippen LogP contribution in [0.5, 0.6) is 5.75 Å². The van der Waals surface area contributed by atoms with E-state index in [9.17, 15) is 0 Å². The fourth-order valence-electron chi connectivity index (χ4n) is 2.85. The van der Waals surface area contributed by atoms with Crippen molar-refractivity contribution in [1.29, 1.82) is 0 Å². The lowest BCUT2D eigenvalue weighted by Gasteiger charge is -2.32. The predicted molar refractivity (Wildman–Crippen MR) is 88.9 cm³/mol. The van der Waals surface area contributed by atoms with Crippen LogP contribution in [-0.2, 0) is 10.8 Å². The van der Waals surface area contributed by atoms with Gasteiger partial charge in [0, 0.05) is 5.56 Å². The first-order valence-electron chi connectivity index (χ1n) is 8.09. The van der Waals surface area contributed by atoms with Crippen LogP contribution >= 0.6 is 0 Å². The van der Waals surface area contributed by atoms with Gasteiger partial charge in [-0.15, -0.1) is 0 Å². The number of hydrogen-bond donors (Lipinski definition) is 0. The summed E-state index contributed by atoms with van der Waals surface area (Å²) in [6.07, 6.45) is 4.59. The van der Waals surface area contributed by atoms with Crippen molar-refractivity contribution in [3.05, 3.63) is 29.3 Å². The molecule has 0 aliphatic rings. The molecule has 0 spiro atoms. The summed E-state index contributed by atoms with van der Waals surface area (Å²) in [5.41, 5.74) is 3.21. The van der Waals surface area contributed by atoms with E-state index in [-0.39, 0.29) is 10.8 Å². The van der Waals surface area contributed by atoms with Gasteiger partial charge in [0.25, 0.3) is 0 Å². The molecular weight excluding hydrogens is 244 g/mol. The predicted octanol–water partition coefficient (Wildman–Crippen LogP) is 5.85. The van der Waals surface area contributed by atoms with E-state index >= 15 is 0 Å². The average molecular weight is 276 g/mol. The van der Waals surface area contributed by atoms with Crippen molar-refractivity contribution in [3.8, 4) is 5.75 Å². The van der Waals surface area contributed by atoms with Gasteiger partial charge in [0.1, 0.15) is 5.75 Å². The van der Waals surface area contributed by atoms with Crippen LogP contribution < -0.4 is 4.74 Å². The molecule has 1 aromatic rings. The maximum Gasteiger partial charge on any atom is 0.122 e. The summed E-state index contributed by atoms with van der Waals surface area (Å²) in [7, 11) is 1.80. The largest absolute Gasteiger partial charge is 0.496 e. The lowest BCUT2D eigenvalue weighted by molar-refractivity contribution is 0.369. The van der Waals surface area contributed by atoms with Crippen molar-refractivity contribution < 1.29 is 4.74 Å². The quantitative estimate of drug-likeness (QED) is 0.607. The van der Waals surface area contributed by atoms with Gasteiger partial charge in [0.15, 0.2) is 0 Å². The summed E-state index contributed by atoms with van der Waals surface area (Å²) in [5.74, 6) is 1.06. The number of benzene rings is 1. The van der Waals surface area contributed by atoms with E-state index in [1.165, 1.54) is 11.1 Å². The lowest BCUT2D eigenvalue weighted by Crippen LogP contribution is -2.23. The van der Waals surface area contributed by atoms with Crippen LogP contribution in [0.3, 0.4) is 0 Å². The van der Waals surface area contributed by atoms with E-state index in [1.54, 1.807) is 7.11 Å². The van der Waals surface area contributed by atoms with Crippen LogP contribution in [0.4, 0.5) is 0 Å². The third-order valence-electron chi connectivity index (χ3n) is 5.67. The fraction of sp³-hybridized carbons (Fsp3) is 0.684. The highest BCUT2D eigenvalue weighted by molar-refractivity contribution is 5.44. The lowest BCUT2D eigenvalue weighted by atomic mass is 9.74. The van der Waals surface area contributed by atoms with E-state index in [4.69, 9.17) is 4.74 Å². The van der Waals surface area contributed by atoms with Gasteiger partial charge in [0.05, 0.1) is 7.11 Å². The van der Waals surface area contributed by atoms with Crippen molar-refractivity contribution in [3.63, 3.8) is 0 Å². The molecule has 0 aliphatic carbocycles. The smallest absolute Gasteiger partial charge is 0.122 e. The first kappa shape index (κ1) is 17.1. The summed E-state index contributed by atoms with van der Waals surface area (Å²) in [6.45, 7) is 13.7. The molecule has 1 heteroatoms. The first-order chi connectivity index (χ1) is 9.40. The highest BCUT2D eigenvalue weighted by Gasteiger charge is 2.28. The minimum atomic E-state index is 0.207. The van der Waals surface area contributed by atoms with Gasteiger partial charge >= 0.3 is 0 Å². The molecule has 114 valence electrons. The summed E-state index contributed by atoms with van der Waals surface area (Å²) in [6, 6.07) is 6.88. The molecule has 0 fully saturated rings. The molecule has 0 saturated carbocycles. The first-order valence-corrected chi connectivity index (χ1v) is 8.09. The van der Waals surface area contributed by atoms with Gasteiger partial charge < -0.3 is 4.74 Å². The Hall–Kier alpha value is -0.980. The highest BCUT2D eigenvalue weighted by Crippen LogP contribution is 2.40. The van der Waals surface area contributed by atoms with E-state index in [2.05, 4.69) is 59.7 Å². The minimum Gasteiger partial charge on any atom is -0.496 e. The van der Waals surface area contributed by atoms with E-state index in [0.717, 1.165) is 31.4 Å². The molecule has 0 aliphatic heterocycles. The molecule has 1 aromatic carbocycles. The second kappa shape index (κ2) is 6.65. The van der Waals surface area contributed by atoms with Gasteiger partial charge in [-0.05, 0) is 48.1 Å². The molecule has 0 radical (unpaired) electrons. The molecule has 0 aromatic heterocycles. The second-order valence-corrected chi connectivity index (χ2v) is 6.45. The monoisotopic (exact) mass is 276 g/mol. The van der Waals surface area contributed by atoms with Gasteiger partial charge in [0.2, 0.25) is 0 Å². The van der Waals surface area contributed by atoms with Gasteiger partial charge in [-0.3, -0.25) is 0 Å². The molecule has 1 nitrogen and oxygen atoms in total. The molecule has 0 amide bonds. The molecule has 20 heavy (non-hydrogen) atoms. The van der Waals surface area contributed by atoms with Crippen LogP contribution in [0.2, 0.25) is 0 Å². The zero-order valence-corrected chi connectivity index (χ0v) is 14.5. The maximum absolute atomic E-state index is 5.72. The number of methoxy groups -OCH3 is 1. The fourth-order valence-corrected chi connectivity index (χ4v) is 2.85. The third-order valence-corrected chi connectivity index (χ3v) is 5.67. The average Bonchev–Trinajstić information content (AvgIpc) is 2.52. The molecular formula is C19H32O. The Labute approximate surface area is 125 Å². The SMILES string of the molecule is CCC(C)(CC)c1ccc(C(C)(CC)CC)c(OC)c1. The molecule has 0 bridgehead atoms. The Morgan fingerprint density at radius 2 is 1.35 bits per heavy atom. The Morgan fingerprint density at radius 3 is 1.75 bits per heavy atom. The molecule has 0 N–H and O–H groups in total. The van der Waals surface area contributed by atoms with Gasteiger partial charge in [-0.25, -0.2) is 0 Å². The van der Waals surface area contributed by atoms with Crippen molar-refractivity contribution in [2.75, 3.05) is 7.11 Å². The summed E-state index contributed by atoms with van der Waals surface area (Å²) in [4.78, 5) is 0. The van der Waals surface area contributed by atoms with E-state index in [1.807, 2.05) is 0 Å². The van der Waals surface area contributed by atoms with Crippen LogP contribution in [0, 0.1) is 0 Å². The van der Waals surface area contributed by atoms with E-state index < -0.39 is 0 Å². The number of hydrogen-bond acceptors (Lipinski definition) is 1. The summed E-state index contributed by atoms with van der Waals surface area (Å²) >= 11 is 0. The van der Waals surface area contributed by atoms with Crippen LogP contribution in [0.1, 0.15) is 78.4 Å². The van der Waals surface area contributed by atoms with Crippen molar-refractivity contribution in [2.24, 2.45) is 0 Å². The molecule has 0 atom stereocenters. The molecule has 0 saturated heterocycles.